The van der Waals surface area contributed by atoms with E-state index in [1.165, 1.54) is 30.5 Å². The number of ether oxygens (including phenoxy) is 1. The molecule has 1 amide bonds. The van der Waals surface area contributed by atoms with Crippen LogP contribution in [0.1, 0.15) is 21.6 Å². The first kappa shape index (κ1) is 22.9. The molecule has 4 rings (SSSR count). The Balaban J connectivity index is 1.40. The maximum Gasteiger partial charge on any atom is 0.264 e. The molecule has 0 aliphatic carbocycles. The van der Waals surface area contributed by atoms with Gasteiger partial charge in [-0.1, -0.05) is 36.4 Å². The number of rotatable bonds is 8. The highest BCUT2D eigenvalue weighted by Gasteiger charge is 2.16. The molecule has 0 saturated heterocycles. The Morgan fingerprint density at radius 3 is 2.44 bits per heavy atom. The number of anilines is 2. The van der Waals surface area contributed by atoms with Crippen LogP contribution in [0.25, 0.3) is 0 Å². The van der Waals surface area contributed by atoms with Crippen LogP contribution in [0, 0.1) is 6.92 Å². The fourth-order valence-corrected chi connectivity index (χ4v) is 4.02. The fourth-order valence-electron chi connectivity index (χ4n) is 3.07. The van der Waals surface area contributed by atoms with Crippen LogP contribution in [0.5, 0.6) is 5.75 Å². The fraction of sp³-hybridized carbons (Fsp3) is 0.0800. The molecule has 0 atom stereocenters. The maximum absolute atomic E-state index is 12.7. The van der Waals surface area contributed by atoms with Gasteiger partial charge in [0.2, 0.25) is 5.95 Å². The number of sulfonamides is 1. The molecule has 0 unspecified atom stereocenters. The van der Waals surface area contributed by atoms with Crippen molar-refractivity contribution in [3.05, 3.63) is 108 Å². The molecule has 1 heterocycles. The zero-order valence-corrected chi connectivity index (χ0v) is 19.1. The number of hydrogen-bond acceptors (Lipinski definition) is 6. The molecule has 0 saturated carbocycles. The smallest absolute Gasteiger partial charge is 0.264 e. The van der Waals surface area contributed by atoms with Crippen LogP contribution in [-0.2, 0) is 16.6 Å². The molecule has 0 bridgehead atoms. The second-order valence-corrected chi connectivity index (χ2v) is 9.09. The van der Waals surface area contributed by atoms with Crippen molar-refractivity contribution in [2.75, 3.05) is 10.0 Å². The summed E-state index contributed by atoms with van der Waals surface area (Å²) in [7, 11) is -3.87. The lowest BCUT2D eigenvalue weighted by molar-refractivity contribution is 0.102. The lowest BCUT2D eigenvalue weighted by atomic mass is 10.2. The van der Waals surface area contributed by atoms with E-state index in [1.807, 2.05) is 30.3 Å². The zero-order chi connectivity index (χ0) is 24.0. The van der Waals surface area contributed by atoms with Gasteiger partial charge in [0.05, 0.1) is 4.90 Å². The number of nitrogens with one attached hydrogen (secondary N) is 2. The molecular weight excluding hydrogens is 452 g/mol. The summed E-state index contributed by atoms with van der Waals surface area (Å²) < 4.78 is 33.3. The lowest BCUT2D eigenvalue weighted by Gasteiger charge is -2.10. The highest BCUT2D eigenvalue weighted by molar-refractivity contribution is 7.92. The topological polar surface area (TPSA) is 110 Å². The molecule has 4 aromatic rings. The molecule has 0 fully saturated rings. The molecule has 172 valence electrons. The number of nitrogens with zero attached hydrogens (tertiary/aromatic N) is 2. The van der Waals surface area contributed by atoms with Gasteiger partial charge in [-0.05, 0) is 61.0 Å². The number of amides is 1. The van der Waals surface area contributed by atoms with Gasteiger partial charge in [-0.3, -0.25) is 4.79 Å². The summed E-state index contributed by atoms with van der Waals surface area (Å²) in [5.41, 5.74) is 2.53. The molecule has 3 aromatic carbocycles. The molecule has 8 nitrogen and oxygen atoms in total. The average Bonchev–Trinajstić information content (AvgIpc) is 2.84. The molecule has 9 heteroatoms. The van der Waals surface area contributed by atoms with Crippen molar-refractivity contribution < 1.29 is 17.9 Å². The number of carbonyl (C=O) groups excluding carboxylic acids is 1. The van der Waals surface area contributed by atoms with Crippen LogP contribution in [0.2, 0.25) is 0 Å². The number of carbonyl (C=O) groups is 1. The van der Waals surface area contributed by atoms with Crippen LogP contribution >= 0.6 is 0 Å². The van der Waals surface area contributed by atoms with Crippen LogP contribution in [0.3, 0.4) is 0 Å². The largest absolute Gasteiger partial charge is 0.489 e. The van der Waals surface area contributed by atoms with Crippen LogP contribution in [0.15, 0.2) is 96.0 Å². The van der Waals surface area contributed by atoms with E-state index in [1.54, 1.807) is 37.3 Å². The van der Waals surface area contributed by atoms with E-state index < -0.39 is 10.0 Å². The van der Waals surface area contributed by atoms with Gasteiger partial charge in [0.1, 0.15) is 12.4 Å². The van der Waals surface area contributed by atoms with Crippen molar-refractivity contribution in [2.24, 2.45) is 0 Å². The minimum Gasteiger partial charge on any atom is -0.489 e. The SMILES string of the molecule is Cc1ccnc(NS(=O)(=O)c2ccc(NC(=O)c3cccc(OCc4ccccc4)c3)cc2)n1. The Kier molecular flexibility index (Phi) is 6.84. The van der Waals surface area contributed by atoms with E-state index >= 15 is 0 Å². The van der Waals surface area contributed by atoms with Gasteiger partial charge in [0.25, 0.3) is 15.9 Å². The minimum absolute atomic E-state index is 0.00764. The van der Waals surface area contributed by atoms with E-state index in [2.05, 4.69) is 20.0 Å². The van der Waals surface area contributed by atoms with E-state index in [0.717, 1.165) is 5.56 Å². The Morgan fingerprint density at radius 1 is 0.941 bits per heavy atom. The van der Waals surface area contributed by atoms with Gasteiger partial charge >= 0.3 is 0 Å². The first-order chi connectivity index (χ1) is 16.4. The minimum atomic E-state index is -3.87. The third-order valence-corrected chi connectivity index (χ3v) is 6.13. The number of hydrogen-bond donors (Lipinski definition) is 2. The van der Waals surface area contributed by atoms with E-state index in [4.69, 9.17) is 4.74 Å². The van der Waals surface area contributed by atoms with Crippen molar-refractivity contribution in [3.8, 4) is 5.75 Å². The predicted octanol–water partition coefficient (Wildman–Crippen LogP) is 4.42. The first-order valence-corrected chi connectivity index (χ1v) is 11.9. The normalized spacial score (nSPS) is 11.0. The molecule has 2 N–H and O–H groups in total. The van der Waals surface area contributed by atoms with Crippen molar-refractivity contribution in [1.29, 1.82) is 0 Å². The zero-order valence-electron chi connectivity index (χ0n) is 18.3. The molecule has 0 radical (unpaired) electrons. The quantitative estimate of drug-likeness (QED) is 0.391. The molecule has 0 aliphatic rings. The molecule has 34 heavy (non-hydrogen) atoms. The average molecular weight is 475 g/mol. The molecule has 0 aliphatic heterocycles. The van der Waals surface area contributed by atoms with Crippen molar-refractivity contribution in [2.45, 2.75) is 18.4 Å². The summed E-state index contributed by atoms with van der Waals surface area (Å²) in [5.74, 6) is 0.223. The Bertz CT molecular complexity index is 1390. The third-order valence-electron chi connectivity index (χ3n) is 4.79. The van der Waals surface area contributed by atoms with Gasteiger partial charge in [-0.2, -0.15) is 0 Å². The van der Waals surface area contributed by atoms with Gasteiger partial charge in [0.15, 0.2) is 0 Å². The molecular formula is C25H22N4O4S. The Labute approximate surface area is 197 Å². The maximum atomic E-state index is 12.7. The van der Waals surface area contributed by atoms with Crippen molar-refractivity contribution >= 4 is 27.6 Å². The summed E-state index contributed by atoms with van der Waals surface area (Å²) in [5, 5.41) is 2.76. The summed E-state index contributed by atoms with van der Waals surface area (Å²) in [4.78, 5) is 20.7. The van der Waals surface area contributed by atoms with Crippen LogP contribution in [0.4, 0.5) is 11.6 Å². The Hall–Kier alpha value is -4.24. The van der Waals surface area contributed by atoms with Crippen LogP contribution < -0.4 is 14.8 Å². The number of benzene rings is 3. The van der Waals surface area contributed by atoms with Crippen LogP contribution in [-0.4, -0.2) is 24.3 Å². The number of aromatic nitrogens is 2. The summed E-state index contributed by atoms with van der Waals surface area (Å²) in [6.45, 7) is 2.13. The van der Waals surface area contributed by atoms with Crippen molar-refractivity contribution in [3.63, 3.8) is 0 Å². The molecule has 0 spiro atoms. The first-order valence-electron chi connectivity index (χ1n) is 10.4. The summed E-state index contributed by atoms with van der Waals surface area (Å²) in [6, 6.07) is 24.1. The summed E-state index contributed by atoms with van der Waals surface area (Å²) >= 11 is 0. The van der Waals surface area contributed by atoms with E-state index in [-0.39, 0.29) is 16.8 Å². The van der Waals surface area contributed by atoms with Gasteiger partial charge in [-0.15, -0.1) is 0 Å². The van der Waals surface area contributed by atoms with Gasteiger partial charge in [-0.25, -0.2) is 23.1 Å². The van der Waals surface area contributed by atoms with Gasteiger partial charge in [0, 0.05) is 23.1 Å². The second-order valence-electron chi connectivity index (χ2n) is 7.41. The monoisotopic (exact) mass is 474 g/mol. The lowest BCUT2D eigenvalue weighted by Crippen LogP contribution is -2.16. The van der Waals surface area contributed by atoms with E-state index in [0.29, 0.717) is 29.3 Å². The number of aryl methyl sites for hydroxylation is 1. The second kappa shape index (κ2) is 10.1. The predicted molar refractivity (Wildman–Crippen MR) is 129 cm³/mol. The standard InChI is InChI=1S/C25H22N4O4S/c1-18-14-15-26-25(27-18)29-34(31,32)23-12-10-21(11-13-23)28-24(30)20-8-5-9-22(16-20)33-17-19-6-3-2-4-7-19/h2-16H,17H2,1H3,(H,28,30)(H,26,27,29). The Morgan fingerprint density at radius 2 is 1.71 bits per heavy atom. The highest BCUT2D eigenvalue weighted by Crippen LogP contribution is 2.19. The van der Waals surface area contributed by atoms with E-state index in [9.17, 15) is 13.2 Å². The highest BCUT2D eigenvalue weighted by atomic mass is 32.2. The van der Waals surface area contributed by atoms with Gasteiger partial charge < -0.3 is 10.1 Å². The van der Waals surface area contributed by atoms with Crippen molar-refractivity contribution in [1.82, 2.24) is 9.97 Å². The molecule has 1 aromatic heterocycles. The third kappa shape index (κ3) is 5.96. The summed E-state index contributed by atoms with van der Waals surface area (Å²) in [6.07, 6.45) is 1.47.